The number of carboxylic acids is 2. The van der Waals surface area contributed by atoms with Crippen LogP contribution in [0.3, 0.4) is 0 Å². The summed E-state index contributed by atoms with van der Waals surface area (Å²) in [5.41, 5.74) is -4.37. The topological polar surface area (TPSA) is 183 Å². The minimum atomic E-state index is -5.79. The summed E-state index contributed by atoms with van der Waals surface area (Å²) in [6.07, 6.45) is 0. The molecule has 0 radical (unpaired) electrons. The van der Waals surface area contributed by atoms with Crippen molar-refractivity contribution in [3.8, 4) is 0 Å². The third kappa shape index (κ3) is 2.89. The van der Waals surface area contributed by atoms with E-state index in [-0.39, 0.29) is 0 Å². The molecule has 0 saturated carbocycles. The summed E-state index contributed by atoms with van der Waals surface area (Å²) in [5, 5.41) is 17.3. The number of carboxylic acid groups (broad SMARTS) is 2. The Morgan fingerprint density at radius 2 is 0.955 bits per heavy atom. The molecule has 1 aromatic rings. The van der Waals surface area contributed by atoms with Gasteiger partial charge in [-0.05, 0) is 0 Å². The summed E-state index contributed by atoms with van der Waals surface area (Å²) in [7, 11) is -11.6. The van der Waals surface area contributed by atoms with Crippen LogP contribution in [0.4, 0.5) is 8.78 Å². The van der Waals surface area contributed by atoms with E-state index in [2.05, 4.69) is 0 Å². The van der Waals surface area contributed by atoms with E-state index in [1.54, 1.807) is 0 Å². The summed E-state index contributed by atoms with van der Waals surface area (Å²) in [6.45, 7) is 0. The predicted octanol–water partition coefficient (Wildman–Crippen LogP) is -0.145. The van der Waals surface area contributed by atoms with Crippen LogP contribution in [0.1, 0.15) is 20.7 Å². The maximum atomic E-state index is 13.9. The normalized spacial score (nSPS) is 12.2. The van der Waals surface area contributed by atoms with Crippen LogP contribution in [0.15, 0.2) is 9.79 Å². The number of carbonyl (C=O) groups is 2. The number of hydrogen-bond donors (Lipinski definition) is 4. The van der Waals surface area contributed by atoms with Crippen molar-refractivity contribution >= 4 is 32.2 Å². The zero-order valence-corrected chi connectivity index (χ0v) is 11.4. The lowest BCUT2D eigenvalue weighted by atomic mass is 10.1. The van der Waals surface area contributed by atoms with Gasteiger partial charge >= 0.3 is 11.9 Å². The van der Waals surface area contributed by atoms with E-state index in [0.717, 1.165) is 0 Å². The maximum Gasteiger partial charge on any atom is 0.340 e. The predicted molar refractivity (Wildman–Crippen MR) is 59.9 cm³/mol. The van der Waals surface area contributed by atoms with Gasteiger partial charge in [0.25, 0.3) is 20.2 Å². The van der Waals surface area contributed by atoms with Crippen molar-refractivity contribution in [3.05, 3.63) is 22.8 Å². The van der Waals surface area contributed by atoms with Gasteiger partial charge in [0.15, 0.2) is 11.6 Å². The van der Waals surface area contributed by atoms with Crippen LogP contribution in [0.2, 0.25) is 0 Å². The van der Waals surface area contributed by atoms with E-state index in [1.165, 1.54) is 0 Å². The van der Waals surface area contributed by atoms with Crippen molar-refractivity contribution in [1.29, 1.82) is 0 Å². The lowest BCUT2D eigenvalue weighted by molar-refractivity contribution is 0.0661. The Balaban J connectivity index is 4.38. The van der Waals surface area contributed by atoms with Gasteiger partial charge in [0, 0.05) is 0 Å². The fourth-order valence-electron chi connectivity index (χ4n) is 1.51. The summed E-state index contributed by atoms with van der Waals surface area (Å²) >= 11 is 0. The van der Waals surface area contributed by atoms with Crippen molar-refractivity contribution in [2.45, 2.75) is 9.79 Å². The van der Waals surface area contributed by atoms with Crippen LogP contribution in [-0.2, 0) is 20.2 Å². The number of halogens is 2. The van der Waals surface area contributed by atoms with Crippen molar-refractivity contribution in [3.63, 3.8) is 0 Å². The molecule has 1 aromatic carbocycles. The van der Waals surface area contributed by atoms with Gasteiger partial charge in [-0.25, -0.2) is 18.4 Å². The van der Waals surface area contributed by atoms with Crippen molar-refractivity contribution in [2.75, 3.05) is 0 Å². The van der Waals surface area contributed by atoms with Gasteiger partial charge in [-0.3, -0.25) is 9.11 Å². The molecule has 10 nitrogen and oxygen atoms in total. The first-order valence-corrected chi connectivity index (χ1v) is 7.55. The quantitative estimate of drug-likeness (QED) is 0.525. The fraction of sp³-hybridized carbons (Fsp3) is 0. The molecule has 0 heterocycles. The minimum absolute atomic E-state index is 2.18. The van der Waals surface area contributed by atoms with Crippen LogP contribution in [0.5, 0.6) is 0 Å². The van der Waals surface area contributed by atoms with Gasteiger partial charge < -0.3 is 10.2 Å². The molecule has 122 valence electrons. The summed E-state index contributed by atoms with van der Waals surface area (Å²) in [6, 6.07) is 0. The van der Waals surface area contributed by atoms with Crippen molar-refractivity contribution in [2.24, 2.45) is 0 Å². The Hall–Kier alpha value is -2.16. The van der Waals surface area contributed by atoms with Crippen LogP contribution < -0.4 is 0 Å². The van der Waals surface area contributed by atoms with Gasteiger partial charge in [-0.2, -0.15) is 16.8 Å². The second-order valence-corrected chi connectivity index (χ2v) is 6.31. The SMILES string of the molecule is O=C(O)c1c(F)c(S(=O)(=O)O)c(C(=O)O)c(F)c1S(=O)(=O)O. The second-order valence-electron chi connectivity index (χ2n) is 3.60. The Morgan fingerprint density at radius 1 is 0.727 bits per heavy atom. The highest BCUT2D eigenvalue weighted by Gasteiger charge is 2.40. The summed E-state index contributed by atoms with van der Waals surface area (Å²) in [5.74, 6) is -10.2. The molecule has 0 aliphatic rings. The molecule has 0 unspecified atom stereocenters. The molecule has 0 atom stereocenters. The maximum absolute atomic E-state index is 13.9. The Morgan fingerprint density at radius 3 is 1.09 bits per heavy atom. The van der Waals surface area contributed by atoms with E-state index in [9.17, 15) is 35.2 Å². The largest absolute Gasteiger partial charge is 0.478 e. The Labute approximate surface area is 120 Å². The highest BCUT2D eigenvalue weighted by Crippen LogP contribution is 2.32. The second kappa shape index (κ2) is 5.24. The minimum Gasteiger partial charge on any atom is -0.478 e. The van der Waals surface area contributed by atoms with Crippen LogP contribution in [0.25, 0.3) is 0 Å². The molecule has 0 aliphatic carbocycles. The van der Waals surface area contributed by atoms with E-state index in [0.29, 0.717) is 0 Å². The Bertz CT molecular complexity index is 824. The highest BCUT2D eigenvalue weighted by atomic mass is 32.2. The van der Waals surface area contributed by atoms with E-state index < -0.39 is 64.7 Å². The molecule has 0 spiro atoms. The molecule has 0 aliphatic heterocycles. The molecular formula is C8H4F2O10S2. The summed E-state index contributed by atoms with van der Waals surface area (Å²) in [4.78, 5) is 17.0. The van der Waals surface area contributed by atoms with Crippen LogP contribution in [-0.4, -0.2) is 48.1 Å². The highest BCUT2D eigenvalue weighted by molar-refractivity contribution is 7.86. The Kier molecular flexibility index (Phi) is 4.26. The van der Waals surface area contributed by atoms with Gasteiger partial charge in [0.1, 0.15) is 20.9 Å². The number of hydrogen-bond acceptors (Lipinski definition) is 6. The average Bonchev–Trinajstić information content (AvgIpc) is 2.26. The lowest BCUT2D eigenvalue weighted by Crippen LogP contribution is -2.22. The number of benzene rings is 1. The van der Waals surface area contributed by atoms with Gasteiger partial charge in [-0.1, -0.05) is 0 Å². The summed E-state index contributed by atoms with van der Waals surface area (Å²) < 4.78 is 89.0. The molecule has 14 heteroatoms. The number of aromatic carboxylic acids is 2. The van der Waals surface area contributed by atoms with Crippen LogP contribution >= 0.6 is 0 Å². The van der Waals surface area contributed by atoms with E-state index in [1.807, 2.05) is 0 Å². The molecule has 0 aromatic heterocycles. The molecule has 0 fully saturated rings. The van der Waals surface area contributed by atoms with E-state index in [4.69, 9.17) is 19.3 Å². The first-order chi connectivity index (χ1) is 9.71. The zero-order valence-electron chi connectivity index (χ0n) is 9.81. The first-order valence-electron chi connectivity index (χ1n) is 4.67. The fourth-order valence-corrected chi connectivity index (χ4v) is 3.04. The van der Waals surface area contributed by atoms with Gasteiger partial charge in [0.2, 0.25) is 0 Å². The monoisotopic (exact) mass is 362 g/mol. The first kappa shape index (κ1) is 17.9. The standard InChI is InChI=1S/C8H4F2O10S2/c9-3-1(7(11)12)5(21(15,16)17)4(10)2(8(13)14)6(3)22(18,19)20/h(H,11,12)(H,13,14)(H,15,16,17)(H,18,19,20). The number of rotatable bonds is 4. The molecule has 1 rings (SSSR count). The molecule has 0 amide bonds. The molecule has 22 heavy (non-hydrogen) atoms. The van der Waals surface area contributed by atoms with Crippen molar-refractivity contribution in [1.82, 2.24) is 0 Å². The van der Waals surface area contributed by atoms with E-state index >= 15 is 0 Å². The molecule has 0 saturated heterocycles. The third-order valence-electron chi connectivity index (χ3n) is 2.24. The third-order valence-corrected chi connectivity index (χ3v) is 4.03. The van der Waals surface area contributed by atoms with Gasteiger partial charge in [0.05, 0.1) is 0 Å². The van der Waals surface area contributed by atoms with Crippen LogP contribution in [0, 0.1) is 11.6 Å². The molecular weight excluding hydrogens is 358 g/mol. The molecule has 4 N–H and O–H groups in total. The average molecular weight is 362 g/mol. The van der Waals surface area contributed by atoms with Crippen molar-refractivity contribution < 1.29 is 54.5 Å². The molecule has 0 bridgehead atoms. The van der Waals surface area contributed by atoms with Gasteiger partial charge in [-0.15, -0.1) is 0 Å². The smallest absolute Gasteiger partial charge is 0.340 e. The lowest BCUT2D eigenvalue weighted by Gasteiger charge is -2.12. The zero-order chi connectivity index (χ0) is 17.6.